The van der Waals surface area contributed by atoms with Gasteiger partial charge < -0.3 is 5.32 Å². The quantitative estimate of drug-likeness (QED) is 0.633. The molecular formula is C15H13BrF3N. The van der Waals surface area contributed by atoms with Crippen molar-refractivity contribution in [1.29, 1.82) is 0 Å². The zero-order valence-electron chi connectivity index (χ0n) is 10.6. The van der Waals surface area contributed by atoms with Gasteiger partial charge >= 0.3 is 0 Å². The standard InChI is InChI=1S/C15H13BrF3N/c16-13-4-5-14(18)12(15(13)19)9-20-7-6-10-2-1-3-11(17)8-10/h1-5,8,20H,6-7,9H2. The third-order valence-corrected chi connectivity index (χ3v) is 3.53. The van der Waals surface area contributed by atoms with Crippen molar-refractivity contribution in [2.45, 2.75) is 13.0 Å². The van der Waals surface area contributed by atoms with Crippen LogP contribution in [0.15, 0.2) is 40.9 Å². The van der Waals surface area contributed by atoms with E-state index in [-0.39, 0.29) is 22.4 Å². The molecule has 0 unspecified atom stereocenters. The van der Waals surface area contributed by atoms with Crippen molar-refractivity contribution in [3.8, 4) is 0 Å². The van der Waals surface area contributed by atoms with E-state index in [1.54, 1.807) is 6.07 Å². The normalized spacial score (nSPS) is 10.8. The molecule has 0 saturated carbocycles. The smallest absolute Gasteiger partial charge is 0.144 e. The average Bonchev–Trinajstić information content (AvgIpc) is 2.42. The van der Waals surface area contributed by atoms with Gasteiger partial charge in [-0.3, -0.25) is 0 Å². The Morgan fingerprint density at radius 1 is 1.05 bits per heavy atom. The topological polar surface area (TPSA) is 12.0 Å². The van der Waals surface area contributed by atoms with E-state index in [1.165, 1.54) is 24.3 Å². The first kappa shape index (κ1) is 15.1. The molecule has 20 heavy (non-hydrogen) atoms. The Labute approximate surface area is 123 Å². The second kappa shape index (κ2) is 6.90. The van der Waals surface area contributed by atoms with Crippen LogP contribution in [0.5, 0.6) is 0 Å². The van der Waals surface area contributed by atoms with E-state index in [4.69, 9.17) is 0 Å². The summed E-state index contributed by atoms with van der Waals surface area (Å²) >= 11 is 3.02. The molecule has 1 nitrogen and oxygen atoms in total. The van der Waals surface area contributed by atoms with Crippen molar-refractivity contribution in [2.24, 2.45) is 0 Å². The molecule has 5 heteroatoms. The van der Waals surface area contributed by atoms with Crippen molar-refractivity contribution in [3.05, 3.63) is 69.4 Å². The summed E-state index contributed by atoms with van der Waals surface area (Å²) in [5, 5.41) is 2.96. The maximum atomic E-state index is 13.7. The first-order valence-corrected chi connectivity index (χ1v) is 6.95. The van der Waals surface area contributed by atoms with Crippen LogP contribution in [0.1, 0.15) is 11.1 Å². The van der Waals surface area contributed by atoms with E-state index in [9.17, 15) is 13.2 Å². The van der Waals surface area contributed by atoms with Crippen molar-refractivity contribution < 1.29 is 13.2 Å². The van der Waals surface area contributed by atoms with Crippen LogP contribution in [0.3, 0.4) is 0 Å². The first-order valence-electron chi connectivity index (χ1n) is 6.15. The van der Waals surface area contributed by atoms with Gasteiger partial charge in [0.1, 0.15) is 17.5 Å². The van der Waals surface area contributed by atoms with Gasteiger partial charge in [0.2, 0.25) is 0 Å². The summed E-state index contributed by atoms with van der Waals surface area (Å²) < 4.78 is 40.4. The molecule has 0 bridgehead atoms. The zero-order valence-corrected chi connectivity index (χ0v) is 12.2. The van der Waals surface area contributed by atoms with Gasteiger partial charge in [-0.15, -0.1) is 0 Å². The summed E-state index contributed by atoms with van der Waals surface area (Å²) in [4.78, 5) is 0. The predicted molar refractivity (Wildman–Crippen MR) is 75.9 cm³/mol. The minimum absolute atomic E-state index is 0.00128. The molecular weight excluding hydrogens is 331 g/mol. The highest BCUT2D eigenvalue weighted by Crippen LogP contribution is 2.21. The molecule has 2 rings (SSSR count). The molecule has 0 spiro atoms. The minimum atomic E-state index is -0.594. The summed E-state index contributed by atoms with van der Waals surface area (Å²) in [7, 11) is 0. The molecule has 0 saturated heterocycles. The van der Waals surface area contributed by atoms with E-state index in [0.717, 1.165) is 5.56 Å². The Morgan fingerprint density at radius 3 is 2.60 bits per heavy atom. The number of hydrogen-bond acceptors (Lipinski definition) is 1. The van der Waals surface area contributed by atoms with Gasteiger partial charge in [-0.2, -0.15) is 0 Å². The van der Waals surface area contributed by atoms with E-state index in [2.05, 4.69) is 21.2 Å². The molecule has 0 amide bonds. The molecule has 0 radical (unpaired) electrons. The fourth-order valence-electron chi connectivity index (χ4n) is 1.87. The van der Waals surface area contributed by atoms with Crippen molar-refractivity contribution >= 4 is 15.9 Å². The van der Waals surface area contributed by atoms with Gasteiger partial charge in [0.15, 0.2) is 0 Å². The Bertz CT molecular complexity index is 602. The molecule has 2 aromatic rings. The Kier molecular flexibility index (Phi) is 5.20. The maximum Gasteiger partial charge on any atom is 0.144 e. The Hall–Kier alpha value is -1.33. The SMILES string of the molecule is Fc1cccc(CCNCc2c(F)ccc(Br)c2F)c1. The minimum Gasteiger partial charge on any atom is -0.312 e. The highest BCUT2D eigenvalue weighted by molar-refractivity contribution is 9.10. The van der Waals surface area contributed by atoms with Crippen molar-refractivity contribution in [3.63, 3.8) is 0 Å². The fourth-order valence-corrected chi connectivity index (χ4v) is 2.24. The van der Waals surface area contributed by atoms with Crippen LogP contribution < -0.4 is 5.32 Å². The molecule has 2 aromatic carbocycles. The third kappa shape index (κ3) is 3.84. The number of rotatable bonds is 5. The van der Waals surface area contributed by atoms with Gasteiger partial charge in [0.25, 0.3) is 0 Å². The zero-order chi connectivity index (χ0) is 14.5. The summed E-state index contributed by atoms with van der Waals surface area (Å²) in [5.41, 5.74) is 0.839. The molecule has 106 valence electrons. The molecule has 0 heterocycles. The second-order valence-electron chi connectivity index (χ2n) is 4.38. The van der Waals surface area contributed by atoms with Gasteiger partial charge in [-0.25, -0.2) is 13.2 Å². The third-order valence-electron chi connectivity index (χ3n) is 2.92. The van der Waals surface area contributed by atoms with Gasteiger partial charge in [0.05, 0.1) is 4.47 Å². The Morgan fingerprint density at radius 2 is 1.85 bits per heavy atom. The number of benzene rings is 2. The molecule has 0 aliphatic rings. The first-order chi connectivity index (χ1) is 9.58. The molecule has 0 aromatic heterocycles. The Balaban J connectivity index is 1.89. The molecule has 0 aliphatic carbocycles. The number of halogens is 4. The van der Waals surface area contributed by atoms with Crippen LogP contribution in [0.4, 0.5) is 13.2 Å². The van der Waals surface area contributed by atoms with Gasteiger partial charge in [-0.05, 0) is 58.7 Å². The number of nitrogens with one attached hydrogen (secondary N) is 1. The van der Waals surface area contributed by atoms with Gasteiger partial charge in [0, 0.05) is 12.1 Å². The van der Waals surface area contributed by atoms with Crippen molar-refractivity contribution in [1.82, 2.24) is 5.32 Å². The summed E-state index contributed by atoms with van der Waals surface area (Å²) in [6.07, 6.45) is 0.592. The van der Waals surface area contributed by atoms with E-state index in [1.807, 2.05) is 6.07 Å². The van der Waals surface area contributed by atoms with E-state index in [0.29, 0.717) is 13.0 Å². The van der Waals surface area contributed by atoms with Crippen LogP contribution in [0.25, 0.3) is 0 Å². The summed E-state index contributed by atoms with van der Waals surface area (Å²) in [6, 6.07) is 8.83. The van der Waals surface area contributed by atoms with Crippen LogP contribution >= 0.6 is 15.9 Å². The fraction of sp³-hybridized carbons (Fsp3) is 0.200. The largest absolute Gasteiger partial charge is 0.312 e. The lowest BCUT2D eigenvalue weighted by Gasteiger charge is -2.08. The highest BCUT2D eigenvalue weighted by Gasteiger charge is 2.11. The van der Waals surface area contributed by atoms with Crippen molar-refractivity contribution in [2.75, 3.05) is 6.54 Å². The van der Waals surface area contributed by atoms with Gasteiger partial charge in [-0.1, -0.05) is 12.1 Å². The lowest BCUT2D eigenvalue weighted by atomic mass is 10.1. The van der Waals surface area contributed by atoms with Crippen LogP contribution in [-0.4, -0.2) is 6.54 Å². The number of hydrogen-bond donors (Lipinski definition) is 1. The summed E-state index contributed by atoms with van der Waals surface area (Å²) in [6.45, 7) is 0.598. The second-order valence-corrected chi connectivity index (χ2v) is 5.23. The average molecular weight is 344 g/mol. The molecule has 1 N–H and O–H groups in total. The highest BCUT2D eigenvalue weighted by atomic mass is 79.9. The lowest BCUT2D eigenvalue weighted by molar-refractivity contribution is 0.532. The van der Waals surface area contributed by atoms with Crippen LogP contribution in [0.2, 0.25) is 0 Å². The maximum absolute atomic E-state index is 13.7. The van der Waals surface area contributed by atoms with Crippen LogP contribution in [-0.2, 0) is 13.0 Å². The van der Waals surface area contributed by atoms with E-state index >= 15 is 0 Å². The lowest BCUT2D eigenvalue weighted by Crippen LogP contribution is -2.18. The predicted octanol–water partition coefficient (Wildman–Crippen LogP) is 4.20. The van der Waals surface area contributed by atoms with E-state index < -0.39 is 11.6 Å². The molecule has 0 aliphatic heterocycles. The van der Waals surface area contributed by atoms with Crippen LogP contribution in [0, 0.1) is 17.5 Å². The molecule has 0 atom stereocenters. The summed E-state index contributed by atoms with van der Waals surface area (Å²) in [5.74, 6) is -1.46. The molecule has 0 fully saturated rings. The monoisotopic (exact) mass is 343 g/mol.